The lowest BCUT2D eigenvalue weighted by Crippen LogP contribution is -2.07. The van der Waals surface area contributed by atoms with Gasteiger partial charge in [0.15, 0.2) is 0 Å². The maximum atomic E-state index is 9.38. The highest BCUT2D eigenvalue weighted by Gasteiger charge is 2.07. The van der Waals surface area contributed by atoms with E-state index in [1.54, 1.807) is 0 Å². The summed E-state index contributed by atoms with van der Waals surface area (Å²) in [4.78, 5) is 0. The molecule has 0 saturated heterocycles. The molecule has 0 aliphatic heterocycles. The zero-order valence-corrected chi connectivity index (χ0v) is 13.1. The van der Waals surface area contributed by atoms with Crippen molar-refractivity contribution in [1.29, 1.82) is 0 Å². The van der Waals surface area contributed by atoms with Crippen LogP contribution in [-0.4, -0.2) is 18.3 Å². The van der Waals surface area contributed by atoms with Gasteiger partial charge in [0, 0.05) is 6.61 Å². The third-order valence-electron chi connectivity index (χ3n) is 3.76. The average molecular weight is 278 g/mol. The van der Waals surface area contributed by atoms with Gasteiger partial charge in [-0.15, -0.1) is 0 Å². The van der Waals surface area contributed by atoms with Crippen LogP contribution in [0.3, 0.4) is 0 Å². The number of unbranched alkanes of at least 4 members (excludes halogenated alkanes) is 2. The lowest BCUT2D eigenvalue weighted by Gasteiger charge is -2.13. The van der Waals surface area contributed by atoms with Crippen molar-refractivity contribution in [3.63, 3.8) is 0 Å². The van der Waals surface area contributed by atoms with Crippen LogP contribution in [0.1, 0.15) is 57.9 Å². The summed E-state index contributed by atoms with van der Waals surface area (Å²) in [5, 5.41) is 9.38. The lowest BCUT2D eigenvalue weighted by molar-refractivity contribution is 0.208. The van der Waals surface area contributed by atoms with Crippen molar-refractivity contribution >= 4 is 0 Å². The monoisotopic (exact) mass is 278 g/mol. The largest absolute Gasteiger partial charge is 0.494 e. The molecule has 0 heterocycles. The summed E-state index contributed by atoms with van der Waals surface area (Å²) >= 11 is 0. The molecule has 1 N–H and O–H groups in total. The predicted molar refractivity (Wildman–Crippen MR) is 85.3 cm³/mol. The molecule has 1 aromatic carbocycles. The van der Waals surface area contributed by atoms with Crippen LogP contribution in [0.25, 0.3) is 0 Å². The zero-order valence-electron chi connectivity index (χ0n) is 13.1. The van der Waals surface area contributed by atoms with Crippen LogP contribution in [0.15, 0.2) is 24.3 Å². The molecule has 0 amide bonds. The van der Waals surface area contributed by atoms with E-state index in [4.69, 9.17) is 4.74 Å². The fourth-order valence-corrected chi connectivity index (χ4v) is 2.28. The molecule has 0 fully saturated rings. The van der Waals surface area contributed by atoms with Crippen molar-refractivity contribution in [1.82, 2.24) is 0 Å². The van der Waals surface area contributed by atoms with Crippen LogP contribution in [0.4, 0.5) is 0 Å². The highest BCUT2D eigenvalue weighted by atomic mass is 16.5. The molecule has 2 nitrogen and oxygen atoms in total. The second-order valence-electron chi connectivity index (χ2n) is 5.58. The maximum Gasteiger partial charge on any atom is 0.119 e. The second-order valence-corrected chi connectivity index (χ2v) is 5.58. The topological polar surface area (TPSA) is 29.5 Å². The Kier molecular flexibility index (Phi) is 9.14. The van der Waals surface area contributed by atoms with Crippen molar-refractivity contribution in [3.8, 4) is 5.75 Å². The number of benzene rings is 1. The summed E-state index contributed by atoms with van der Waals surface area (Å²) in [5.41, 5.74) is 1.34. The van der Waals surface area contributed by atoms with Crippen molar-refractivity contribution in [2.75, 3.05) is 13.2 Å². The Morgan fingerprint density at radius 1 is 1.00 bits per heavy atom. The van der Waals surface area contributed by atoms with Gasteiger partial charge in [0.2, 0.25) is 0 Å². The molecule has 114 valence electrons. The highest BCUT2D eigenvalue weighted by molar-refractivity contribution is 5.27. The van der Waals surface area contributed by atoms with Gasteiger partial charge in [-0.25, -0.2) is 0 Å². The predicted octanol–water partition coefficient (Wildman–Crippen LogP) is 4.60. The molecule has 0 spiro atoms. The van der Waals surface area contributed by atoms with Crippen LogP contribution in [0.5, 0.6) is 5.75 Å². The summed E-state index contributed by atoms with van der Waals surface area (Å²) in [6.07, 6.45) is 7.97. The van der Waals surface area contributed by atoms with E-state index in [1.807, 2.05) is 0 Å². The van der Waals surface area contributed by atoms with E-state index in [9.17, 15) is 5.11 Å². The first-order chi connectivity index (χ1) is 9.80. The molecule has 2 heteroatoms. The third kappa shape index (κ3) is 6.95. The summed E-state index contributed by atoms with van der Waals surface area (Å²) in [5.74, 6) is 1.42. The van der Waals surface area contributed by atoms with Crippen molar-refractivity contribution in [2.24, 2.45) is 5.92 Å². The van der Waals surface area contributed by atoms with Crippen LogP contribution >= 0.6 is 0 Å². The van der Waals surface area contributed by atoms with Gasteiger partial charge < -0.3 is 9.84 Å². The van der Waals surface area contributed by atoms with E-state index < -0.39 is 0 Å². The van der Waals surface area contributed by atoms with Crippen molar-refractivity contribution < 1.29 is 9.84 Å². The molecular weight excluding hydrogens is 248 g/mol. The first-order valence-electron chi connectivity index (χ1n) is 8.12. The van der Waals surface area contributed by atoms with Gasteiger partial charge in [-0.05, 0) is 49.3 Å². The molecule has 0 saturated carbocycles. The normalized spacial score (nSPS) is 12.3. The first kappa shape index (κ1) is 17.0. The fourth-order valence-electron chi connectivity index (χ4n) is 2.28. The van der Waals surface area contributed by atoms with Crippen LogP contribution in [0.2, 0.25) is 0 Å². The molecule has 0 aromatic heterocycles. The second kappa shape index (κ2) is 10.7. The summed E-state index contributed by atoms with van der Waals surface area (Å²) in [6, 6.07) is 8.42. The Morgan fingerprint density at radius 3 is 2.30 bits per heavy atom. The van der Waals surface area contributed by atoms with Crippen LogP contribution in [-0.2, 0) is 6.42 Å². The molecule has 0 aliphatic carbocycles. The molecule has 20 heavy (non-hydrogen) atoms. The number of aryl methyl sites for hydroxylation is 1. The van der Waals surface area contributed by atoms with E-state index >= 15 is 0 Å². The van der Waals surface area contributed by atoms with Gasteiger partial charge in [0.25, 0.3) is 0 Å². The average Bonchev–Trinajstić information content (AvgIpc) is 2.49. The van der Waals surface area contributed by atoms with E-state index in [2.05, 4.69) is 38.1 Å². The zero-order chi connectivity index (χ0) is 14.6. The molecule has 0 aliphatic rings. The van der Waals surface area contributed by atoms with E-state index in [-0.39, 0.29) is 0 Å². The highest BCUT2D eigenvalue weighted by Crippen LogP contribution is 2.18. The van der Waals surface area contributed by atoms with E-state index in [0.717, 1.165) is 38.0 Å². The molecular formula is C18H30O2. The SMILES string of the molecule is CCCCOc1ccc(CCC(CO)CCCC)cc1. The third-order valence-corrected chi connectivity index (χ3v) is 3.76. The Hall–Kier alpha value is -1.02. The number of aliphatic hydroxyl groups excluding tert-OH is 1. The number of ether oxygens (including phenoxy) is 1. The smallest absolute Gasteiger partial charge is 0.119 e. The summed E-state index contributed by atoms with van der Waals surface area (Å²) in [6.45, 7) is 5.49. The quantitative estimate of drug-likeness (QED) is 0.600. The number of hydrogen-bond acceptors (Lipinski definition) is 2. The Labute approximate surface area is 124 Å². The molecule has 1 aromatic rings. The Bertz CT molecular complexity index is 332. The van der Waals surface area contributed by atoms with Gasteiger partial charge in [-0.3, -0.25) is 0 Å². The summed E-state index contributed by atoms with van der Waals surface area (Å²) in [7, 11) is 0. The molecule has 0 bridgehead atoms. The minimum Gasteiger partial charge on any atom is -0.494 e. The minimum atomic E-state index is 0.318. The van der Waals surface area contributed by atoms with E-state index in [1.165, 1.54) is 24.8 Å². The molecule has 1 rings (SSSR count). The molecule has 1 atom stereocenters. The van der Waals surface area contributed by atoms with Crippen LogP contribution in [0, 0.1) is 5.92 Å². The Balaban J connectivity index is 2.32. The van der Waals surface area contributed by atoms with E-state index in [0.29, 0.717) is 12.5 Å². The minimum absolute atomic E-state index is 0.318. The van der Waals surface area contributed by atoms with Crippen molar-refractivity contribution in [3.05, 3.63) is 29.8 Å². The Morgan fingerprint density at radius 2 is 1.70 bits per heavy atom. The van der Waals surface area contributed by atoms with Gasteiger partial charge in [-0.1, -0.05) is 45.2 Å². The molecule has 0 radical (unpaired) electrons. The summed E-state index contributed by atoms with van der Waals surface area (Å²) < 4.78 is 5.66. The number of hydrogen-bond donors (Lipinski definition) is 1. The number of aliphatic hydroxyl groups is 1. The first-order valence-corrected chi connectivity index (χ1v) is 8.12. The van der Waals surface area contributed by atoms with Gasteiger partial charge in [0.1, 0.15) is 5.75 Å². The molecule has 1 unspecified atom stereocenters. The van der Waals surface area contributed by atoms with Crippen molar-refractivity contribution in [2.45, 2.75) is 58.8 Å². The lowest BCUT2D eigenvalue weighted by atomic mass is 9.95. The van der Waals surface area contributed by atoms with Gasteiger partial charge >= 0.3 is 0 Å². The number of rotatable bonds is 11. The van der Waals surface area contributed by atoms with Gasteiger partial charge in [0.05, 0.1) is 6.61 Å². The maximum absolute atomic E-state index is 9.38. The van der Waals surface area contributed by atoms with Gasteiger partial charge in [-0.2, -0.15) is 0 Å². The van der Waals surface area contributed by atoms with Crippen LogP contribution < -0.4 is 4.74 Å². The standard InChI is InChI=1S/C18H30O2/c1-3-5-7-17(15-19)9-8-16-10-12-18(13-11-16)20-14-6-4-2/h10-13,17,19H,3-9,14-15H2,1-2H3. The fraction of sp³-hybridized carbons (Fsp3) is 0.667.